The number of rotatable bonds is 7. The van der Waals surface area contributed by atoms with Crippen LogP contribution in [0.25, 0.3) is 5.69 Å². The van der Waals surface area contributed by atoms with E-state index in [-0.39, 0.29) is 10.3 Å². The van der Waals surface area contributed by atoms with Crippen molar-refractivity contribution >= 4 is 27.3 Å². The molecule has 0 aliphatic carbocycles. The Labute approximate surface area is 161 Å². The molecule has 0 aliphatic rings. The number of nitrogens with one attached hydrogen (secondary N) is 2. The molecular weight excluding hydrogens is 386 g/mol. The van der Waals surface area contributed by atoms with Crippen LogP contribution in [0.1, 0.15) is 25.5 Å². The number of carbonyl (C=O) groups is 1. The van der Waals surface area contributed by atoms with Gasteiger partial charge in [-0.25, -0.2) is 18.1 Å². The van der Waals surface area contributed by atoms with Gasteiger partial charge in [0.25, 0.3) is 10.0 Å². The Morgan fingerprint density at radius 3 is 2.52 bits per heavy atom. The zero-order valence-electron chi connectivity index (χ0n) is 14.7. The zero-order chi connectivity index (χ0) is 19.4. The quantitative estimate of drug-likeness (QED) is 0.624. The van der Waals surface area contributed by atoms with Crippen molar-refractivity contribution in [1.29, 1.82) is 0 Å². The second-order valence-corrected chi connectivity index (χ2v) is 8.83. The van der Waals surface area contributed by atoms with Gasteiger partial charge in [-0.15, -0.1) is 11.3 Å². The van der Waals surface area contributed by atoms with Crippen molar-refractivity contribution < 1.29 is 13.2 Å². The second-order valence-electron chi connectivity index (χ2n) is 5.94. The van der Waals surface area contributed by atoms with E-state index in [0.717, 1.165) is 22.6 Å². The SMILES string of the molecule is CC(NS(=O)(=O)c1cccs1)C(=O)NC(C)c1ccc(-n2cncn2)cc1. The van der Waals surface area contributed by atoms with Crippen LogP contribution in [0.4, 0.5) is 0 Å². The average molecular weight is 406 g/mol. The van der Waals surface area contributed by atoms with E-state index >= 15 is 0 Å². The van der Waals surface area contributed by atoms with Crippen molar-refractivity contribution in [3.63, 3.8) is 0 Å². The predicted molar refractivity (Wildman–Crippen MR) is 102 cm³/mol. The lowest BCUT2D eigenvalue weighted by Gasteiger charge is -2.19. The third kappa shape index (κ3) is 4.59. The van der Waals surface area contributed by atoms with E-state index in [1.54, 1.807) is 22.5 Å². The van der Waals surface area contributed by atoms with Crippen LogP contribution in [0.2, 0.25) is 0 Å². The average Bonchev–Trinajstić information content (AvgIpc) is 3.35. The first-order chi connectivity index (χ1) is 12.9. The number of amides is 1. The molecule has 0 spiro atoms. The molecule has 8 nitrogen and oxygen atoms in total. The lowest BCUT2D eigenvalue weighted by molar-refractivity contribution is -0.123. The fourth-order valence-electron chi connectivity index (χ4n) is 2.44. The molecule has 0 aliphatic heterocycles. The largest absolute Gasteiger partial charge is 0.348 e. The van der Waals surface area contributed by atoms with Gasteiger partial charge in [0.05, 0.1) is 17.8 Å². The van der Waals surface area contributed by atoms with E-state index in [2.05, 4.69) is 20.1 Å². The monoisotopic (exact) mass is 405 g/mol. The van der Waals surface area contributed by atoms with Crippen LogP contribution in [0, 0.1) is 0 Å². The molecule has 142 valence electrons. The molecule has 2 atom stereocenters. The minimum atomic E-state index is -3.70. The van der Waals surface area contributed by atoms with Gasteiger partial charge in [0, 0.05) is 0 Å². The molecule has 3 rings (SSSR count). The van der Waals surface area contributed by atoms with Gasteiger partial charge in [0.1, 0.15) is 16.9 Å². The first-order valence-electron chi connectivity index (χ1n) is 8.18. The Morgan fingerprint density at radius 2 is 1.93 bits per heavy atom. The summed E-state index contributed by atoms with van der Waals surface area (Å²) in [5.74, 6) is -0.400. The molecule has 2 unspecified atom stereocenters. The first-order valence-corrected chi connectivity index (χ1v) is 10.5. The highest BCUT2D eigenvalue weighted by atomic mass is 32.2. The van der Waals surface area contributed by atoms with Gasteiger partial charge in [-0.3, -0.25) is 4.79 Å². The maximum Gasteiger partial charge on any atom is 0.250 e. The summed E-state index contributed by atoms with van der Waals surface area (Å²) < 4.78 is 28.6. The van der Waals surface area contributed by atoms with E-state index < -0.39 is 22.0 Å². The number of thiophene rings is 1. The number of aromatic nitrogens is 3. The fraction of sp³-hybridized carbons (Fsp3) is 0.235. The topological polar surface area (TPSA) is 106 Å². The molecule has 1 aromatic carbocycles. The van der Waals surface area contributed by atoms with Crippen LogP contribution in [0.3, 0.4) is 0 Å². The standard InChI is InChI=1S/C17H19N5O3S2/c1-12(14-5-7-15(8-6-14)22-11-18-10-19-22)20-17(23)13(2)21-27(24,25)16-4-3-9-26-16/h3-13,21H,1-2H3,(H,20,23). The highest BCUT2D eigenvalue weighted by Crippen LogP contribution is 2.17. The molecule has 0 saturated heterocycles. The Kier molecular flexibility index (Phi) is 5.68. The minimum Gasteiger partial charge on any atom is -0.348 e. The molecule has 2 heterocycles. The van der Waals surface area contributed by atoms with E-state index in [9.17, 15) is 13.2 Å². The highest BCUT2D eigenvalue weighted by Gasteiger charge is 2.23. The lowest BCUT2D eigenvalue weighted by atomic mass is 10.1. The molecule has 3 aromatic rings. The molecule has 0 fully saturated rings. The van der Waals surface area contributed by atoms with Crippen molar-refractivity contribution in [2.24, 2.45) is 0 Å². The van der Waals surface area contributed by atoms with Gasteiger partial charge >= 0.3 is 0 Å². The van der Waals surface area contributed by atoms with Crippen LogP contribution >= 0.6 is 11.3 Å². The van der Waals surface area contributed by atoms with Crippen LogP contribution in [-0.2, 0) is 14.8 Å². The molecule has 0 saturated carbocycles. The molecule has 10 heteroatoms. The maximum absolute atomic E-state index is 12.4. The van der Waals surface area contributed by atoms with Gasteiger partial charge in [-0.1, -0.05) is 18.2 Å². The minimum absolute atomic E-state index is 0.180. The molecule has 0 bridgehead atoms. The highest BCUT2D eigenvalue weighted by molar-refractivity contribution is 7.91. The zero-order valence-corrected chi connectivity index (χ0v) is 16.4. The van der Waals surface area contributed by atoms with Crippen LogP contribution < -0.4 is 10.0 Å². The Hall–Kier alpha value is -2.56. The summed E-state index contributed by atoms with van der Waals surface area (Å²) in [6.07, 6.45) is 3.05. The number of benzene rings is 1. The third-order valence-corrected chi connectivity index (χ3v) is 6.86. The number of sulfonamides is 1. The number of hydrogen-bond acceptors (Lipinski definition) is 6. The number of carbonyl (C=O) groups excluding carboxylic acids is 1. The lowest BCUT2D eigenvalue weighted by Crippen LogP contribution is -2.45. The fourth-order valence-corrected chi connectivity index (χ4v) is 4.65. The van der Waals surface area contributed by atoms with Crippen LogP contribution in [0.5, 0.6) is 0 Å². The number of nitrogens with zero attached hydrogens (tertiary/aromatic N) is 3. The van der Waals surface area contributed by atoms with Crippen molar-refractivity contribution in [1.82, 2.24) is 24.8 Å². The molecule has 0 radical (unpaired) electrons. The molecule has 2 aromatic heterocycles. The molecule has 27 heavy (non-hydrogen) atoms. The van der Waals surface area contributed by atoms with Crippen molar-refractivity contribution in [3.8, 4) is 5.69 Å². The molecule has 2 N–H and O–H groups in total. The smallest absolute Gasteiger partial charge is 0.250 e. The van der Waals surface area contributed by atoms with Crippen molar-refractivity contribution in [2.75, 3.05) is 0 Å². The molecular formula is C17H19N5O3S2. The Balaban J connectivity index is 1.61. The predicted octanol–water partition coefficient (Wildman–Crippen LogP) is 1.87. The van der Waals surface area contributed by atoms with Gasteiger partial charge in [-0.2, -0.15) is 9.82 Å². The van der Waals surface area contributed by atoms with E-state index in [1.807, 2.05) is 31.2 Å². The van der Waals surface area contributed by atoms with E-state index in [4.69, 9.17) is 0 Å². The van der Waals surface area contributed by atoms with E-state index in [1.165, 1.54) is 19.3 Å². The summed E-state index contributed by atoms with van der Waals surface area (Å²) in [6, 6.07) is 9.46. The van der Waals surface area contributed by atoms with Gasteiger partial charge in [0.2, 0.25) is 5.91 Å². The summed E-state index contributed by atoms with van der Waals surface area (Å²) in [6.45, 7) is 3.35. The normalized spacial score (nSPS) is 13.9. The summed E-state index contributed by atoms with van der Waals surface area (Å²) in [7, 11) is -3.70. The number of hydrogen-bond donors (Lipinski definition) is 2. The third-order valence-electron chi connectivity index (χ3n) is 3.92. The Morgan fingerprint density at radius 1 is 1.19 bits per heavy atom. The van der Waals surface area contributed by atoms with Crippen LogP contribution in [0.15, 0.2) is 58.6 Å². The Bertz CT molecular complexity index is 984. The summed E-state index contributed by atoms with van der Waals surface area (Å²) in [5.41, 5.74) is 1.74. The second kappa shape index (κ2) is 7.99. The summed E-state index contributed by atoms with van der Waals surface area (Å²) >= 11 is 1.10. The van der Waals surface area contributed by atoms with Gasteiger partial charge < -0.3 is 5.32 Å². The van der Waals surface area contributed by atoms with Gasteiger partial charge in [0.15, 0.2) is 0 Å². The summed E-state index contributed by atoms with van der Waals surface area (Å²) in [5, 5.41) is 8.55. The van der Waals surface area contributed by atoms with E-state index in [0.29, 0.717) is 0 Å². The van der Waals surface area contributed by atoms with Crippen molar-refractivity contribution in [2.45, 2.75) is 30.1 Å². The van der Waals surface area contributed by atoms with Gasteiger partial charge in [-0.05, 0) is 43.0 Å². The molecule has 1 amide bonds. The first kappa shape index (κ1) is 19.2. The maximum atomic E-state index is 12.4. The van der Waals surface area contributed by atoms with Crippen LogP contribution in [-0.4, -0.2) is 35.1 Å². The summed E-state index contributed by atoms with van der Waals surface area (Å²) in [4.78, 5) is 16.3. The van der Waals surface area contributed by atoms with Crippen molar-refractivity contribution in [3.05, 3.63) is 60.0 Å².